The molecule has 3 nitrogen and oxygen atoms in total. The summed E-state index contributed by atoms with van der Waals surface area (Å²) < 4.78 is 11.9. The lowest BCUT2D eigenvalue weighted by molar-refractivity contribution is -0.235. The molecular formula is C23H36O3S. The van der Waals surface area contributed by atoms with E-state index in [9.17, 15) is 4.79 Å². The molecule has 152 valence electrons. The highest BCUT2D eigenvalue weighted by atomic mass is 32.2. The molecule has 1 fully saturated rings. The number of hydrogen-bond donors (Lipinski definition) is 0. The SMILES string of the molecule is CCC1(CC)COC(c2ccc(C(=O)SCCCCC(C)(C)C)cc2)OC1. The summed E-state index contributed by atoms with van der Waals surface area (Å²) in [6.07, 6.45) is 5.29. The Morgan fingerprint density at radius 3 is 2.19 bits per heavy atom. The molecule has 0 aromatic heterocycles. The van der Waals surface area contributed by atoms with Gasteiger partial charge in [0.1, 0.15) is 0 Å². The molecule has 0 radical (unpaired) electrons. The fourth-order valence-corrected chi connectivity index (χ4v) is 4.06. The molecule has 1 aromatic carbocycles. The summed E-state index contributed by atoms with van der Waals surface area (Å²) >= 11 is 1.43. The molecule has 0 amide bonds. The first kappa shape index (κ1) is 22.4. The highest BCUT2D eigenvalue weighted by molar-refractivity contribution is 8.14. The van der Waals surface area contributed by atoms with Gasteiger partial charge in [0.15, 0.2) is 6.29 Å². The third-order valence-corrected chi connectivity index (χ3v) is 6.55. The van der Waals surface area contributed by atoms with Gasteiger partial charge in [-0.3, -0.25) is 4.79 Å². The zero-order chi connectivity index (χ0) is 19.9. The van der Waals surface area contributed by atoms with Crippen molar-refractivity contribution in [1.29, 1.82) is 0 Å². The predicted octanol–water partition coefficient (Wildman–Crippen LogP) is 6.63. The van der Waals surface area contributed by atoms with Crippen LogP contribution in [0.3, 0.4) is 0 Å². The molecule has 1 aliphatic rings. The van der Waals surface area contributed by atoms with Crippen molar-refractivity contribution in [3.05, 3.63) is 35.4 Å². The van der Waals surface area contributed by atoms with E-state index in [1.807, 2.05) is 24.3 Å². The summed E-state index contributed by atoms with van der Waals surface area (Å²) in [7, 11) is 0. The van der Waals surface area contributed by atoms with E-state index < -0.39 is 0 Å². The van der Waals surface area contributed by atoms with Gasteiger partial charge in [-0.1, -0.05) is 77.1 Å². The van der Waals surface area contributed by atoms with Crippen molar-refractivity contribution in [1.82, 2.24) is 0 Å². The fourth-order valence-electron chi connectivity index (χ4n) is 3.23. The number of carbonyl (C=O) groups excluding carboxylic acids is 1. The minimum absolute atomic E-state index is 0.149. The van der Waals surface area contributed by atoms with Crippen molar-refractivity contribution in [2.75, 3.05) is 19.0 Å². The first-order valence-electron chi connectivity index (χ1n) is 10.3. The summed E-state index contributed by atoms with van der Waals surface area (Å²) in [5.41, 5.74) is 2.27. The maximum absolute atomic E-state index is 12.4. The first-order chi connectivity index (χ1) is 12.8. The van der Waals surface area contributed by atoms with Gasteiger partial charge in [-0.15, -0.1) is 0 Å². The van der Waals surface area contributed by atoms with Crippen LogP contribution < -0.4 is 0 Å². The summed E-state index contributed by atoms with van der Waals surface area (Å²) in [5, 5.41) is 0.152. The van der Waals surface area contributed by atoms with Crippen LogP contribution in [0.2, 0.25) is 0 Å². The Balaban J connectivity index is 1.79. The van der Waals surface area contributed by atoms with Gasteiger partial charge < -0.3 is 9.47 Å². The van der Waals surface area contributed by atoms with Crippen molar-refractivity contribution in [2.45, 2.75) is 73.0 Å². The summed E-state index contributed by atoms with van der Waals surface area (Å²) in [6.45, 7) is 12.6. The summed E-state index contributed by atoms with van der Waals surface area (Å²) in [5.74, 6) is 0.891. The van der Waals surface area contributed by atoms with E-state index in [0.717, 1.165) is 49.4 Å². The summed E-state index contributed by atoms with van der Waals surface area (Å²) in [4.78, 5) is 12.4. The van der Waals surface area contributed by atoms with Crippen molar-refractivity contribution in [3.8, 4) is 0 Å². The zero-order valence-corrected chi connectivity index (χ0v) is 18.5. The molecule has 0 bridgehead atoms. The van der Waals surface area contributed by atoms with Gasteiger partial charge in [-0.25, -0.2) is 0 Å². The van der Waals surface area contributed by atoms with Crippen LogP contribution in [-0.2, 0) is 9.47 Å². The highest BCUT2D eigenvalue weighted by Crippen LogP contribution is 2.36. The van der Waals surface area contributed by atoms with Crippen LogP contribution in [0.1, 0.15) is 88.9 Å². The number of thioether (sulfide) groups is 1. The van der Waals surface area contributed by atoms with Crippen LogP contribution in [0.4, 0.5) is 0 Å². The Kier molecular flexibility index (Phi) is 8.39. The normalized spacial score (nSPS) is 17.8. The van der Waals surface area contributed by atoms with Crippen molar-refractivity contribution in [2.24, 2.45) is 10.8 Å². The second kappa shape index (κ2) is 10.1. The second-order valence-corrected chi connectivity index (χ2v) is 10.0. The molecule has 0 N–H and O–H groups in total. The topological polar surface area (TPSA) is 35.5 Å². The standard InChI is InChI=1S/C23H36O3S/c1-6-23(7-2)16-25-21(26-17-23)19-12-10-18(11-13-19)20(24)27-15-9-8-14-22(3,4)5/h10-13,21H,6-9,14-17H2,1-5H3. The quantitative estimate of drug-likeness (QED) is 0.465. The van der Waals surface area contributed by atoms with Crippen LogP contribution in [0.5, 0.6) is 0 Å². The molecular weight excluding hydrogens is 356 g/mol. The van der Waals surface area contributed by atoms with E-state index in [-0.39, 0.29) is 16.8 Å². The van der Waals surface area contributed by atoms with E-state index in [1.165, 1.54) is 24.6 Å². The Labute approximate surface area is 169 Å². The van der Waals surface area contributed by atoms with E-state index in [2.05, 4.69) is 34.6 Å². The van der Waals surface area contributed by atoms with Gasteiger partial charge in [-0.2, -0.15) is 0 Å². The molecule has 4 heteroatoms. The van der Waals surface area contributed by atoms with Crippen molar-refractivity contribution < 1.29 is 14.3 Å². The zero-order valence-electron chi connectivity index (χ0n) is 17.7. The molecule has 2 rings (SSSR count). The molecule has 0 atom stereocenters. The predicted molar refractivity (Wildman–Crippen MR) is 114 cm³/mol. The van der Waals surface area contributed by atoms with Gasteiger partial charge in [0, 0.05) is 22.3 Å². The van der Waals surface area contributed by atoms with E-state index >= 15 is 0 Å². The molecule has 0 aliphatic carbocycles. The number of benzene rings is 1. The monoisotopic (exact) mass is 392 g/mol. The average molecular weight is 393 g/mol. The second-order valence-electron chi connectivity index (χ2n) is 8.94. The van der Waals surface area contributed by atoms with Gasteiger partial charge >= 0.3 is 0 Å². The highest BCUT2D eigenvalue weighted by Gasteiger charge is 2.34. The van der Waals surface area contributed by atoms with Crippen LogP contribution in [-0.4, -0.2) is 24.1 Å². The fraction of sp³-hybridized carbons (Fsp3) is 0.696. The van der Waals surface area contributed by atoms with E-state index in [4.69, 9.17) is 9.47 Å². The van der Waals surface area contributed by atoms with Crippen LogP contribution in [0.15, 0.2) is 24.3 Å². The Hall–Kier alpha value is -0.840. The van der Waals surface area contributed by atoms with Gasteiger partial charge in [0.05, 0.1) is 13.2 Å². The minimum atomic E-state index is -0.314. The molecule has 1 aliphatic heterocycles. The molecule has 0 unspecified atom stereocenters. The number of rotatable bonds is 8. The summed E-state index contributed by atoms with van der Waals surface area (Å²) in [6, 6.07) is 7.72. The van der Waals surface area contributed by atoms with Crippen molar-refractivity contribution >= 4 is 16.9 Å². The minimum Gasteiger partial charge on any atom is -0.348 e. The average Bonchev–Trinajstić information content (AvgIpc) is 2.67. The number of carbonyl (C=O) groups is 1. The maximum Gasteiger partial charge on any atom is 0.219 e. The Morgan fingerprint density at radius 1 is 1.07 bits per heavy atom. The van der Waals surface area contributed by atoms with E-state index in [0.29, 0.717) is 5.41 Å². The molecule has 1 heterocycles. The molecule has 27 heavy (non-hydrogen) atoms. The maximum atomic E-state index is 12.4. The largest absolute Gasteiger partial charge is 0.348 e. The smallest absolute Gasteiger partial charge is 0.219 e. The lowest BCUT2D eigenvalue weighted by Crippen LogP contribution is -2.37. The number of unbranched alkanes of at least 4 members (excludes halogenated alkanes) is 1. The van der Waals surface area contributed by atoms with Crippen LogP contribution in [0, 0.1) is 10.8 Å². The van der Waals surface area contributed by atoms with Crippen molar-refractivity contribution in [3.63, 3.8) is 0 Å². The Bertz CT molecular complexity index is 575. The molecule has 1 aromatic rings. The van der Waals surface area contributed by atoms with Gasteiger partial charge in [-0.05, 0) is 31.1 Å². The number of ether oxygens (including phenoxy) is 2. The Morgan fingerprint density at radius 2 is 1.67 bits per heavy atom. The number of hydrogen-bond acceptors (Lipinski definition) is 4. The van der Waals surface area contributed by atoms with Crippen LogP contribution >= 0.6 is 11.8 Å². The molecule has 1 saturated heterocycles. The molecule has 0 saturated carbocycles. The van der Waals surface area contributed by atoms with Crippen LogP contribution in [0.25, 0.3) is 0 Å². The molecule has 0 spiro atoms. The first-order valence-corrected chi connectivity index (χ1v) is 11.3. The lowest BCUT2D eigenvalue weighted by atomic mass is 9.83. The lowest BCUT2D eigenvalue weighted by Gasteiger charge is -2.39. The van der Waals surface area contributed by atoms with Gasteiger partial charge in [0.2, 0.25) is 5.12 Å². The third-order valence-electron chi connectivity index (χ3n) is 5.55. The third kappa shape index (κ3) is 6.92. The van der Waals surface area contributed by atoms with E-state index in [1.54, 1.807) is 0 Å². The van der Waals surface area contributed by atoms with Gasteiger partial charge in [0.25, 0.3) is 0 Å².